The van der Waals surface area contributed by atoms with Crippen LogP contribution in [0.5, 0.6) is 0 Å². The van der Waals surface area contributed by atoms with Gasteiger partial charge in [-0.2, -0.15) is 0 Å². The van der Waals surface area contributed by atoms with Crippen LogP contribution in [-0.2, 0) is 9.59 Å². The number of urea groups is 1. The summed E-state index contributed by atoms with van der Waals surface area (Å²) in [4.78, 5) is 45.6. The molecule has 1 unspecified atom stereocenters. The Hall–Kier alpha value is -2.68. The van der Waals surface area contributed by atoms with Gasteiger partial charge in [-0.15, -0.1) is 0 Å². The van der Waals surface area contributed by atoms with E-state index < -0.39 is 0 Å². The first kappa shape index (κ1) is 23.5. The van der Waals surface area contributed by atoms with Gasteiger partial charge in [0.05, 0.1) is 6.04 Å². The van der Waals surface area contributed by atoms with Crippen LogP contribution < -0.4 is 5.32 Å². The minimum absolute atomic E-state index is 0.0597. The lowest BCUT2D eigenvalue weighted by Gasteiger charge is -2.43. The van der Waals surface area contributed by atoms with E-state index in [9.17, 15) is 18.8 Å². The van der Waals surface area contributed by atoms with Crippen molar-refractivity contribution in [3.05, 3.63) is 30.1 Å². The van der Waals surface area contributed by atoms with Gasteiger partial charge in [0.25, 0.3) is 0 Å². The summed E-state index contributed by atoms with van der Waals surface area (Å²) in [6, 6.07) is 5.38. The molecule has 3 fully saturated rings. The Morgan fingerprint density at radius 3 is 1.97 bits per heavy atom. The lowest BCUT2D eigenvalue weighted by atomic mass is 9.94. The van der Waals surface area contributed by atoms with Gasteiger partial charge in [0.1, 0.15) is 5.82 Å². The summed E-state index contributed by atoms with van der Waals surface area (Å²) < 4.78 is 13.1. The van der Waals surface area contributed by atoms with Gasteiger partial charge >= 0.3 is 6.03 Å². The van der Waals surface area contributed by atoms with Crippen LogP contribution in [0.25, 0.3) is 0 Å². The Morgan fingerprint density at radius 2 is 1.39 bits per heavy atom. The quantitative estimate of drug-likeness (QED) is 0.749. The van der Waals surface area contributed by atoms with Crippen LogP contribution in [-0.4, -0.2) is 95.8 Å². The summed E-state index contributed by atoms with van der Waals surface area (Å²) in [6.07, 6.45) is 4.45. The molecule has 2 heterocycles. The predicted molar refractivity (Wildman–Crippen MR) is 123 cm³/mol. The SMILES string of the molecule is CC(=O)N1CCN(C(=O)C(C2CCCC2)N2CCN(C(=O)Nc3ccc(F)cc3)CC2)CC1. The highest BCUT2D eigenvalue weighted by Gasteiger charge is 2.40. The van der Waals surface area contributed by atoms with Crippen molar-refractivity contribution in [2.45, 2.75) is 38.6 Å². The molecule has 1 atom stereocenters. The van der Waals surface area contributed by atoms with Crippen LogP contribution in [0.15, 0.2) is 24.3 Å². The maximum atomic E-state index is 13.6. The van der Waals surface area contributed by atoms with Crippen molar-refractivity contribution in [1.82, 2.24) is 19.6 Å². The molecule has 4 rings (SSSR count). The number of carbonyl (C=O) groups is 3. The van der Waals surface area contributed by atoms with Crippen molar-refractivity contribution in [2.24, 2.45) is 5.92 Å². The molecule has 0 radical (unpaired) electrons. The first-order valence-corrected chi connectivity index (χ1v) is 12.0. The van der Waals surface area contributed by atoms with E-state index in [1.54, 1.807) is 28.9 Å². The number of nitrogens with one attached hydrogen (secondary N) is 1. The highest BCUT2D eigenvalue weighted by atomic mass is 19.1. The summed E-state index contributed by atoms with van der Waals surface area (Å²) in [5.74, 6) is 0.244. The van der Waals surface area contributed by atoms with E-state index in [4.69, 9.17) is 0 Å². The third-order valence-corrected chi connectivity index (χ3v) is 7.23. The Morgan fingerprint density at radius 1 is 0.848 bits per heavy atom. The van der Waals surface area contributed by atoms with E-state index in [2.05, 4.69) is 10.2 Å². The molecule has 2 saturated heterocycles. The van der Waals surface area contributed by atoms with Gasteiger partial charge in [-0.3, -0.25) is 14.5 Å². The molecule has 3 aliphatic rings. The minimum Gasteiger partial charge on any atom is -0.339 e. The maximum Gasteiger partial charge on any atom is 0.321 e. The summed E-state index contributed by atoms with van der Waals surface area (Å²) in [6.45, 7) is 6.32. The molecule has 1 saturated carbocycles. The van der Waals surface area contributed by atoms with Crippen LogP contribution in [0.2, 0.25) is 0 Å². The normalized spacial score (nSPS) is 21.2. The molecule has 0 spiro atoms. The molecule has 4 amide bonds. The Labute approximate surface area is 194 Å². The van der Waals surface area contributed by atoms with Gasteiger partial charge < -0.3 is 20.0 Å². The number of benzene rings is 1. The molecular weight excluding hydrogens is 425 g/mol. The van der Waals surface area contributed by atoms with Gasteiger partial charge in [0.15, 0.2) is 0 Å². The van der Waals surface area contributed by atoms with Crippen molar-refractivity contribution in [3.63, 3.8) is 0 Å². The molecule has 0 aromatic heterocycles. The first-order chi connectivity index (χ1) is 15.9. The van der Waals surface area contributed by atoms with Crippen LogP contribution in [0.4, 0.5) is 14.9 Å². The zero-order chi connectivity index (χ0) is 23.4. The number of anilines is 1. The highest BCUT2D eigenvalue weighted by molar-refractivity contribution is 5.89. The smallest absolute Gasteiger partial charge is 0.321 e. The van der Waals surface area contributed by atoms with Crippen LogP contribution in [0.3, 0.4) is 0 Å². The first-order valence-electron chi connectivity index (χ1n) is 12.0. The lowest BCUT2D eigenvalue weighted by molar-refractivity contribution is -0.144. The molecule has 8 nitrogen and oxygen atoms in total. The summed E-state index contributed by atoms with van der Waals surface area (Å²) in [5, 5.41) is 2.82. The van der Waals surface area contributed by atoms with E-state index in [0.29, 0.717) is 64.0 Å². The molecule has 1 aromatic rings. The number of carbonyl (C=O) groups excluding carboxylic acids is 3. The van der Waals surface area contributed by atoms with Crippen molar-refractivity contribution >= 4 is 23.5 Å². The predicted octanol–water partition coefficient (Wildman–Crippen LogP) is 2.22. The molecule has 1 aromatic carbocycles. The third-order valence-electron chi connectivity index (χ3n) is 7.23. The molecule has 180 valence electrons. The van der Waals surface area contributed by atoms with E-state index in [-0.39, 0.29) is 29.7 Å². The second-order valence-corrected chi connectivity index (χ2v) is 9.28. The molecule has 2 aliphatic heterocycles. The average Bonchev–Trinajstić information content (AvgIpc) is 3.35. The van der Waals surface area contributed by atoms with Gasteiger partial charge in [-0.05, 0) is 43.0 Å². The lowest BCUT2D eigenvalue weighted by Crippen LogP contribution is -2.61. The average molecular weight is 460 g/mol. The van der Waals surface area contributed by atoms with E-state index in [0.717, 1.165) is 25.7 Å². The van der Waals surface area contributed by atoms with Crippen molar-refractivity contribution in [3.8, 4) is 0 Å². The minimum atomic E-state index is -0.341. The molecule has 9 heteroatoms. The molecule has 1 aliphatic carbocycles. The van der Waals surface area contributed by atoms with E-state index in [1.165, 1.54) is 12.1 Å². The van der Waals surface area contributed by atoms with E-state index in [1.807, 2.05) is 4.90 Å². The topological polar surface area (TPSA) is 76.2 Å². The number of nitrogens with zero attached hydrogens (tertiary/aromatic N) is 4. The second kappa shape index (κ2) is 10.5. The van der Waals surface area contributed by atoms with Crippen LogP contribution in [0, 0.1) is 11.7 Å². The van der Waals surface area contributed by atoms with Gasteiger partial charge in [0.2, 0.25) is 11.8 Å². The Bertz CT molecular complexity index is 842. The summed E-state index contributed by atoms with van der Waals surface area (Å²) >= 11 is 0. The second-order valence-electron chi connectivity index (χ2n) is 9.28. The zero-order valence-corrected chi connectivity index (χ0v) is 19.3. The fraction of sp³-hybridized carbons (Fsp3) is 0.625. The van der Waals surface area contributed by atoms with Gasteiger partial charge in [-0.25, -0.2) is 9.18 Å². The fourth-order valence-electron chi connectivity index (χ4n) is 5.30. The van der Waals surface area contributed by atoms with Crippen molar-refractivity contribution < 1.29 is 18.8 Å². The largest absolute Gasteiger partial charge is 0.339 e. The standard InChI is InChI=1S/C24H34FN5O3/c1-18(31)27-10-14-29(15-11-27)23(32)22(19-4-2-3-5-19)28-12-16-30(17-13-28)24(33)26-21-8-6-20(25)7-9-21/h6-9,19,22H,2-5,10-17H2,1H3,(H,26,33). The van der Waals surface area contributed by atoms with Gasteiger partial charge in [-0.1, -0.05) is 12.8 Å². The number of amides is 4. The van der Waals surface area contributed by atoms with Crippen molar-refractivity contribution in [2.75, 3.05) is 57.7 Å². The number of piperazine rings is 2. The molecule has 1 N–H and O–H groups in total. The molecule has 0 bridgehead atoms. The number of hydrogen-bond donors (Lipinski definition) is 1. The van der Waals surface area contributed by atoms with E-state index >= 15 is 0 Å². The number of hydrogen-bond acceptors (Lipinski definition) is 4. The highest BCUT2D eigenvalue weighted by Crippen LogP contribution is 2.32. The maximum absolute atomic E-state index is 13.6. The molecular formula is C24H34FN5O3. The summed E-state index contributed by atoms with van der Waals surface area (Å²) in [5.41, 5.74) is 0.563. The number of halogens is 1. The zero-order valence-electron chi connectivity index (χ0n) is 19.3. The van der Waals surface area contributed by atoms with Crippen molar-refractivity contribution in [1.29, 1.82) is 0 Å². The van der Waals surface area contributed by atoms with Gasteiger partial charge in [0, 0.05) is 65.0 Å². The van der Waals surface area contributed by atoms with Crippen LogP contribution >= 0.6 is 0 Å². The fourth-order valence-corrected chi connectivity index (χ4v) is 5.30. The monoisotopic (exact) mass is 459 g/mol. The van der Waals surface area contributed by atoms with Crippen LogP contribution in [0.1, 0.15) is 32.6 Å². The Kier molecular flexibility index (Phi) is 7.47. The number of rotatable bonds is 4. The molecule has 33 heavy (non-hydrogen) atoms. The third kappa shape index (κ3) is 5.63. The Balaban J connectivity index is 1.36. The summed E-state index contributed by atoms with van der Waals surface area (Å²) in [7, 11) is 0.